The molecular weight excluding hydrogens is 218 g/mol. The summed E-state index contributed by atoms with van der Waals surface area (Å²) in [5, 5.41) is 9.02. The summed E-state index contributed by atoms with van der Waals surface area (Å²) in [5.74, 6) is -0.317. The average Bonchev–Trinajstić information content (AvgIpc) is 2.74. The number of aliphatic carboxylic acids is 1. The van der Waals surface area contributed by atoms with Gasteiger partial charge >= 0.3 is 5.97 Å². The lowest BCUT2D eigenvalue weighted by molar-refractivity contribution is -0.147. The molecule has 1 amide bonds. The van der Waals surface area contributed by atoms with Crippen LogP contribution in [-0.4, -0.2) is 35.0 Å². The summed E-state index contributed by atoms with van der Waals surface area (Å²) >= 11 is 0. The van der Waals surface area contributed by atoms with Crippen LogP contribution in [0.2, 0.25) is 0 Å². The Balaban J connectivity index is 1.97. The zero-order valence-electron chi connectivity index (χ0n) is 10.4. The Hall–Kier alpha value is -1.06. The Morgan fingerprint density at radius 1 is 1.18 bits per heavy atom. The van der Waals surface area contributed by atoms with Crippen LogP contribution in [0, 0.1) is 17.8 Å². The molecule has 1 saturated carbocycles. The van der Waals surface area contributed by atoms with Crippen LogP contribution in [-0.2, 0) is 9.59 Å². The van der Waals surface area contributed by atoms with E-state index in [9.17, 15) is 9.59 Å². The van der Waals surface area contributed by atoms with Gasteiger partial charge in [0, 0.05) is 19.0 Å². The van der Waals surface area contributed by atoms with Crippen LogP contribution >= 0.6 is 0 Å². The lowest BCUT2D eigenvalue weighted by Gasteiger charge is -2.33. The number of hydrogen-bond donors (Lipinski definition) is 1. The highest BCUT2D eigenvalue weighted by Crippen LogP contribution is 2.33. The fraction of sp³-hybridized carbons (Fsp3) is 0.846. The summed E-state index contributed by atoms with van der Waals surface area (Å²) in [6.45, 7) is 3.29. The van der Waals surface area contributed by atoms with Gasteiger partial charge in [0.1, 0.15) is 0 Å². The van der Waals surface area contributed by atoms with Gasteiger partial charge in [0.25, 0.3) is 0 Å². The Kier molecular flexibility index (Phi) is 3.69. The Bertz CT molecular complexity index is 316. The van der Waals surface area contributed by atoms with E-state index in [2.05, 4.69) is 6.92 Å². The maximum atomic E-state index is 12.3. The van der Waals surface area contributed by atoms with Gasteiger partial charge in [-0.2, -0.15) is 0 Å². The van der Waals surface area contributed by atoms with Crippen molar-refractivity contribution >= 4 is 11.9 Å². The van der Waals surface area contributed by atoms with E-state index >= 15 is 0 Å². The number of nitrogens with zero attached hydrogens (tertiary/aromatic N) is 1. The first-order valence-corrected chi connectivity index (χ1v) is 6.61. The third-order valence-corrected chi connectivity index (χ3v) is 4.26. The van der Waals surface area contributed by atoms with E-state index in [1.807, 2.05) is 0 Å². The number of carbonyl (C=O) groups excluding carboxylic acids is 1. The van der Waals surface area contributed by atoms with Crippen molar-refractivity contribution in [2.24, 2.45) is 17.8 Å². The summed E-state index contributed by atoms with van der Waals surface area (Å²) in [6.07, 6.45) is 4.78. The van der Waals surface area contributed by atoms with Crippen molar-refractivity contribution in [3.05, 3.63) is 0 Å². The summed E-state index contributed by atoms with van der Waals surface area (Å²) in [7, 11) is 0. The van der Waals surface area contributed by atoms with Crippen LogP contribution < -0.4 is 0 Å². The molecule has 1 N–H and O–H groups in total. The Labute approximate surface area is 102 Å². The van der Waals surface area contributed by atoms with Crippen LogP contribution in [0.1, 0.15) is 39.0 Å². The minimum Gasteiger partial charge on any atom is -0.481 e. The molecule has 1 aliphatic carbocycles. The molecule has 0 spiro atoms. The topological polar surface area (TPSA) is 57.6 Å². The number of piperidine rings is 1. The normalized spacial score (nSPS) is 33.7. The minimum absolute atomic E-state index is 0.141. The van der Waals surface area contributed by atoms with E-state index < -0.39 is 5.97 Å². The van der Waals surface area contributed by atoms with Crippen LogP contribution in [0.3, 0.4) is 0 Å². The number of likely N-dealkylation sites (tertiary alicyclic amines) is 1. The minimum atomic E-state index is -0.762. The van der Waals surface area contributed by atoms with Gasteiger partial charge in [0.15, 0.2) is 0 Å². The third-order valence-electron chi connectivity index (χ3n) is 4.26. The molecule has 2 unspecified atom stereocenters. The van der Waals surface area contributed by atoms with Crippen molar-refractivity contribution in [2.45, 2.75) is 39.0 Å². The van der Waals surface area contributed by atoms with E-state index in [1.165, 1.54) is 0 Å². The molecule has 0 bridgehead atoms. The van der Waals surface area contributed by atoms with E-state index in [4.69, 9.17) is 5.11 Å². The van der Waals surface area contributed by atoms with Crippen molar-refractivity contribution in [2.75, 3.05) is 13.1 Å². The van der Waals surface area contributed by atoms with Crippen LogP contribution in [0.4, 0.5) is 0 Å². The van der Waals surface area contributed by atoms with Crippen molar-refractivity contribution in [1.29, 1.82) is 0 Å². The molecule has 0 aromatic heterocycles. The third kappa shape index (κ3) is 2.61. The maximum Gasteiger partial charge on any atom is 0.308 e. The van der Waals surface area contributed by atoms with E-state index in [1.54, 1.807) is 4.90 Å². The number of amides is 1. The van der Waals surface area contributed by atoms with Gasteiger partial charge in [-0.3, -0.25) is 9.59 Å². The second-order valence-corrected chi connectivity index (χ2v) is 5.48. The lowest BCUT2D eigenvalue weighted by Crippen LogP contribution is -2.45. The highest BCUT2D eigenvalue weighted by Gasteiger charge is 2.35. The first-order valence-electron chi connectivity index (χ1n) is 6.61. The van der Waals surface area contributed by atoms with Crippen molar-refractivity contribution in [3.8, 4) is 0 Å². The molecule has 0 aromatic carbocycles. The molecule has 0 radical (unpaired) electrons. The SMILES string of the molecule is CC1CCCC1C(=O)N1CCC[C@@H](C(=O)O)C1. The number of hydrogen-bond acceptors (Lipinski definition) is 2. The van der Waals surface area contributed by atoms with E-state index in [-0.39, 0.29) is 17.7 Å². The molecule has 4 nitrogen and oxygen atoms in total. The van der Waals surface area contributed by atoms with Crippen LogP contribution in [0.15, 0.2) is 0 Å². The summed E-state index contributed by atoms with van der Waals surface area (Å²) in [6, 6.07) is 0. The zero-order chi connectivity index (χ0) is 12.4. The summed E-state index contributed by atoms with van der Waals surface area (Å²) in [5.41, 5.74) is 0. The molecular formula is C13H21NO3. The van der Waals surface area contributed by atoms with Crippen LogP contribution in [0.5, 0.6) is 0 Å². The molecule has 2 fully saturated rings. The van der Waals surface area contributed by atoms with Gasteiger partial charge in [-0.25, -0.2) is 0 Å². The van der Waals surface area contributed by atoms with Gasteiger partial charge in [-0.15, -0.1) is 0 Å². The maximum absolute atomic E-state index is 12.3. The molecule has 96 valence electrons. The number of carboxylic acids is 1. The average molecular weight is 239 g/mol. The standard InChI is InChI=1S/C13H21NO3/c1-9-4-2-6-11(9)12(15)14-7-3-5-10(8-14)13(16)17/h9-11H,2-8H2,1H3,(H,16,17)/t9?,10-,11?/m1/s1. The molecule has 2 aliphatic rings. The number of rotatable bonds is 2. The van der Waals surface area contributed by atoms with E-state index in [0.717, 1.165) is 32.2 Å². The molecule has 1 saturated heterocycles. The molecule has 3 atom stereocenters. The molecule has 0 aromatic rings. The molecule has 2 rings (SSSR count). The number of carbonyl (C=O) groups is 2. The molecule has 1 heterocycles. The summed E-state index contributed by atoms with van der Waals surface area (Å²) < 4.78 is 0. The smallest absolute Gasteiger partial charge is 0.308 e. The summed E-state index contributed by atoms with van der Waals surface area (Å²) in [4.78, 5) is 25.1. The fourth-order valence-corrected chi connectivity index (χ4v) is 3.13. The van der Waals surface area contributed by atoms with Gasteiger partial charge in [-0.05, 0) is 31.6 Å². The van der Waals surface area contributed by atoms with Crippen molar-refractivity contribution in [1.82, 2.24) is 4.90 Å². The first-order chi connectivity index (χ1) is 8.09. The zero-order valence-corrected chi connectivity index (χ0v) is 10.4. The predicted molar refractivity (Wildman–Crippen MR) is 63.4 cm³/mol. The number of carboxylic acid groups (broad SMARTS) is 1. The van der Waals surface area contributed by atoms with Gasteiger partial charge in [-0.1, -0.05) is 13.3 Å². The molecule has 4 heteroatoms. The molecule has 1 aliphatic heterocycles. The molecule has 17 heavy (non-hydrogen) atoms. The van der Waals surface area contributed by atoms with E-state index in [0.29, 0.717) is 18.9 Å². The lowest BCUT2D eigenvalue weighted by atomic mass is 9.93. The highest BCUT2D eigenvalue weighted by molar-refractivity contribution is 5.80. The Morgan fingerprint density at radius 2 is 1.94 bits per heavy atom. The fourth-order valence-electron chi connectivity index (χ4n) is 3.13. The highest BCUT2D eigenvalue weighted by atomic mass is 16.4. The van der Waals surface area contributed by atoms with Crippen LogP contribution in [0.25, 0.3) is 0 Å². The largest absolute Gasteiger partial charge is 0.481 e. The second-order valence-electron chi connectivity index (χ2n) is 5.48. The van der Waals surface area contributed by atoms with Gasteiger partial charge in [0.05, 0.1) is 5.92 Å². The van der Waals surface area contributed by atoms with Gasteiger partial charge in [0.2, 0.25) is 5.91 Å². The quantitative estimate of drug-likeness (QED) is 0.798. The monoisotopic (exact) mass is 239 g/mol. The van der Waals surface area contributed by atoms with Gasteiger partial charge < -0.3 is 10.0 Å². The predicted octanol–water partition coefficient (Wildman–Crippen LogP) is 1.75. The van der Waals surface area contributed by atoms with Crippen molar-refractivity contribution < 1.29 is 14.7 Å². The van der Waals surface area contributed by atoms with Crippen molar-refractivity contribution in [3.63, 3.8) is 0 Å². The second kappa shape index (κ2) is 5.07. The first kappa shape index (κ1) is 12.4. The Morgan fingerprint density at radius 3 is 2.53 bits per heavy atom.